The zero-order valence-electron chi connectivity index (χ0n) is 20.7. The molecule has 1 atom stereocenters. The predicted molar refractivity (Wildman–Crippen MR) is 92.3 cm³/mol. The van der Waals surface area contributed by atoms with Crippen LogP contribution in [0.15, 0.2) is 46.2 Å². The van der Waals surface area contributed by atoms with Crippen molar-refractivity contribution in [3.63, 3.8) is 0 Å². The monoisotopic (exact) mass is 330 g/mol. The van der Waals surface area contributed by atoms with E-state index >= 15 is 0 Å². The van der Waals surface area contributed by atoms with Crippen molar-refractivity contribution in [1.29, 1.82) is 0 Å². The Hall–Kier alpha value is -2.69. The van der Waals surface area contributed by atoms with Gasteiger partial charge in [0.15, 0.2) is 0 Å². The number of nitrogens with one attached hydrogen (secondary N) is 1. The Morgan fingerprint density at radius 3 is 3.38 bits per heavy atom. The lowest BCUT2D eigenvalue weighted by Gasteiger charge is -2.10. The quantitative estimate of drug-likeness (QED) is 0.865. The molecule has 1 amide bonds. The molecule has 0 aromatic heterocycles. The van der Waals surface area contributed by atoms with E-state index in [0.717, 1.165) is 34.1 Å². The number of carbonyl (C=O) groups excluding carboxylic acids is 1. The summed E-state index contributed by atoms with van der Waals surface area (Å²) in [6, 6.07) is 5.03. The Kier molecular flexibility index (Phi) is 2.02. The normalized spacial score (nSPS) is 27.8. The summed E-state index contributed by atoms with van der Waals surface area (Å²) in [5.41, 5.74) is 0.466. The lowest BCUT2D eigenvalue weighted by molar-refractivity contribution is -0.337. The van der Waals surface area contributed by atoms with Gasteiger partial charge in [-0.05, 0) is 35.1 Å². The molecule has 1 unspecified atom stereocenters. The van der Waals surface area contributed by atoms with Crippen molar-refractivity contribution >= 4 is 18.0 Å². The molecule has 3 aliphatic heterocycles. The van der Waals surface area contributed by atoms with Crippen LogP contribution in [0.4, 0.5) is 0 Å². The van der Waals surface area contributed by atoms with Gasteiger partial charge in [-0.1, -0.05) is 17.7 Å². The first kappa shape index (κ1) is 8.42. The minimum Gasteiger partial charge on any atom is -0.493 e. The van der Waals surface area contributed by atoms with E-state index < -0.39 is 43.3 Å². The largest absolute Gasteiger partial charge is 0.493 e. The van der Waals surface area contributed by atoms with Crippen LogP contribution in [-0.4, -0.2) is 29.1 Å². The van der Waals surface area contributed by atoms with E-state index in [-0.39, 0.29) is 18.1 Å². The van der Waals surface area contributed by atoms with Gasteiger partial charge < -0.3 is 10.1 Å². The number of carbonyl (C=O) groups is 1. The number of benzene rings is 1. The van der Waals surface area contributed by atoms with E-state index in [2.05, 4.69) is 10.3 Å². The fourth-order valence-corrected chi connectivity index (χ4v) is 2.82. The second-order valence-corrected chi connectivity index (χ2v) is 5.59. The maximum atomic E-state index is 13.0. The van der Waals surface area contributed by atoms with Gasteiger partial charge >= 0.3 is 5.84 Å². The second kappa shape index (κ2) is 5.74. The lowest BCUT2D eigenvalue weighted by Crippen LogP contribution is -2.32. The minimum absolute atomic E-state index is 0.113. The van der Waals surface area contributed by atoms with Gasteiger partial charge in [0, 0.05) is 29.4 Å². The van der Waals surface area contributed by atoms with Crippen LogP contribution < -0.4 is 10.1 Å². The number of ether oxygens (including phenoxy) is 1. The Bertz CT molecular complexity index is 1130. The molecular formula is C19H20N3O2+. The van der Waals surface area contributed by atoms with Gasteiger partial charge in [-0.3, -0.25) is 4.79 Å². The van der Waals surface area contributed by atoms with Crippen molar-refractivity contribution in [2.45, 2.75) is 33.1 Å². The number of nitrogens with zero attached hydrogens (tertiary/aromatic N) is 2. The third-order valence-electron chi connectivity index (χ3n) is 3.98. The van der Waals surface area contributed by atoms with E-state index in [1.807, 2.05) is 12.1 Å². The van der Waals surface area contributed by atoms with Crippen molar-refractivity contribution in [2.24, 2.45) is 4.99 Å². The molecule has 0 bridgehead atoms. The third kappa shape index (κ3) is 2.56. The Balaban J connectivity index is 1.66. The predicted octanol–water partition coefficient (Wildman–Crippen LogP) is 2.31. The number of aliphatic imine (C=N–C) groups is 1. The molecule has 0 saturated carbocycles. The molecule has 1 aromatic rings. The first-order valence-electron chi connectivity index (χ1n) is 11.6. The van der Waals surface area contributed by atoms with Gasteiger partial charge in [0.05, 0.1) is 20.6 Å². The van der Waals surface area contributed by atoms with Crippen LogP contribution in [0, 0.1) is 0 Å². The highest BCUT2D eigenvalue weighted by Crippen LogP contribution is 2.26. The first-order chi connectivity index (χ1) is 14.9. The average molecular weight is 330 g/mol. The molecular weight excluding hydrogens is 302 g/mol. The zero-order valence-corrected chi connectivity index (χ0v) is 12.7. The Morgan fingerprint density at radius 2 is 2.50 bits per heavy atom. The van der Waals surface area contributed by atoms with E-state index in [0.29, 0.717) is 6.61 Å². The Labute approximate surface area is 152 Å². The van der Waals surface area contributed by atoms with E-state index in [1.165, 1.54) is 0 Å². The molecule has 3 aliphatic rings. The number of allylic oxidation sites excluding steroid dienone is 2. The van der Waals surface area contributed by atoms with Gasteiger partial charge in [0.25, 0.3) is 5.91 Å². The van der Waals surface area contributed by atoms with Gasteiger partial charge in [0.2, 0.25) is 11.4 Å². The molecule has 0 radical (unpaired) electrons. The summed E-state index contributed by atoms with van der Waals surface area (Å²) < 4.78 is 69.0. The van der Waals surface area contributed by atoms with Crippen molar-refractivity contribution in [1.82, 2.24) is 5.32 Å². The van der Waals surface area contributed by atoms with Crippen LogP contribution in [0.1, 0.15) is 42.2 Å². The minimum atomic E-state index is -2.78. The van der Waals surface area contributed by atoms with E-state index in [4.69, 9.17) is 15.7 Å². The maximum absolute atomic E-state index is 13.0. The number of hydrogen-bond donors (Lipinski definition) is 1. The molecule has 0 fully saturated rings. The molecule has 0 spiro atoms. The lowest BCUT2D eigenvalue weighted by atomic mass is 10.1. The summed E-state index contributed by atoms with van der Waals surface area (Å²) in [6.45, 7) is -4.79. The molecule has 1 N–H and O–H groups in total. The number of amidine groups is 1. The van der Waals surface area contributed by atoms with Crippen LogP contribution in [0.25, 0.3) is 0 Å². The van der Waals surface area contributed by atoms with E-state index in [1.54, 1.807) is 6.07 Å². The van der Waals surface area contributed by atoms with Crippen LogP contribution in [-0.2, 0) is 17.8 Å². The highest BCUT2D eigenvalue weighted by atomic mass is 16.5. The molecule has 5 heteroatoms. The summed E-state index contributed by atoms with van der Waals surface area (Å²) >= 11 is 0. The second-order valence-electron chi connectivity index (χ2n) is 5.59. The van der Waals surface area contributed by atoms with Crippen molar-refractivity contribution in [2.75, 3.05) is 6.61 Å². The average Bonchev–Trinajstić information content (AvgIpc) is 3.28. The summed E-state index contributed by atoms with van der Waals surface area (Å²) in [4.78, 5) is 17.0. The van der Waals surface area contributed by atoms with Crippen LogP contribution in [0.5, 0.6) is 5.75 Å². The zero-order chi connectivity index (χ0) is 23.4. The molecule has 0 aliphatic carbocycles. The summed E-state index contributed by atoms with van der Waals surface area (Å²) in [7, 11) is 0. The molecule has 3 heterocycles. The summed E-state index contributed by atoms with van der Waals surface area (Å²) in [6.07, 6.45) is 0.200. The maximum Gasteiger partial charge on any atom is 0.308 e. The smallest absolute Gasteiger partial charge is 0.308 e. The summed E-state index contributed by atoms with van der Waals surface area (Å²) in [5.74, 6) is -0.177. The molecule has 24 heavy (non-hydrogen) atoms. The van der Waals surface area contributed by atoms with Crippen molar-refractivity contribution in [3.05, 3.63) is 52.3 Å². The first-order valence-corrected chi connectivity index (χ1v) is 7.51. The Morgan fingerprint density at radius 1 is 1.54 bits per heavy atom. The van der Waals surface area contributed by atoms with Crippen molar-refractivity contribution in [3.8, 4) is 5.75 Å². The fraction of sp³-hybridized carbons (Fsp3) is 0.316. The highest BCUT2D eigenvalue weighted by Gasteiger charge is 2.36. The fourth-order valence-electron chi connectivity index (χ4n) is 2.82. The van der Waals surface area contributed by atoms with Gasteiger partial charge in [-0.25, -0.2) is 0 Å². The highest BCUT2D eigenvalue weighted by molar-refractivity contribution is 5.99. The summed E-state index contributed by atoms with van der Waals surface area (Å²) in [5, 5.41) is 2.67. The number of hydrogen-bond acceptors (Lipinski definition) is 3. The van der Waals surface area contributed by atoms with Gasteiger partial charge in [-0.2, -0.15) is 4.58 Å². The SMILES string of the molecule is [2H]C1=C(C([2H])([2H])[2H])C([2H])C2=NC(C([2H])([2H])[2H])=C(C(=O)NCc3ccc4c(c3)CCO4)[N+]2=C1. The van der Waals surface area contributed by atoms with Crippen molar-refractivity contribution < 1.29 is 25.1 Å². The molecule has 1 aromatic carbocycles. The molecule has 4 rings (SSSR count). The van der Waals surface area contributed by atoms with Crippen LogP contribution in [0.3, 0.4) is 0 Å². The third-order valence-corrected chi connectivity index (χ3v) is 3.98. The topological polar surface area (TPSA) is 53.7 Å². The van der Waals surface area contributed by atoms with Gasteiger partial charge in [-0.15, -0.1) is 0 Å². The molecule has 0 saturated heterocycles. The number of amides is 1. The van der Waals surface area contributed by atoms with Crippen LogP contribution >= 0.6 is 0 Å². The number of rotatable bonds is 3. The van der Waals surface area contributed by atoms with Crippen LogP contribution in [0.2, 0.25) is 0 Å². The standard InChI is InChI=1S/C19H19N3O2/c1-12-5-7-22-17(9-12)21-13(2)18(22)19(23)20-11-14-3-4-16-15(10-14)6-8-24-16/h3-5,7,10H,6,8-9,11H2,1-2H3/p+1/i1D3,2D3,5D,9D. The molecule has 122 valence electrons. The van der Waals surface area contributed by atoms with E-state index in [9.17, 15) is 4.79 Å². The number of fused-ring (bicyclic) bond motifs is 2. The van der Waals surface area contributed by atoms with Gasteiger partial charge in [0.1, 0.15) is 5.75 Å². The molecule has 5 nitrogen and oxygen atoms in total.